The maximum absolute atomic E-state index is 11.8. The van der Waals surface area contributed by atoms with Gasteiger partial charge in [-0.2, -0.15) is 0 Å². The van der Waals surface area contributed by atoms with Crippen molar-refractivity contribution in [2.24, 2.45) is 5.92 Å². The van der Waals surface area contributed by atoms with Gasteiger partial charge in [0.1, 0.15) is 0 Å². The second-order valence-electron chi connectivity index (χ2n) is 4.44. The quantitative estimate of drug-likeness (QED) is 0.702. The monoisotopic (exact) mass is 238 g/mol. The number of carboxylic acids is 1. The van der Waals surface area contributed by atoms with Crippen molar-refractivity contribution >= 4 is 12.0 Å². The van der Waals surface area contributed by atoms with Crippen molar-refractivity contribution in [1.29, 1.82) is 0 Å². The van der Waals surface area contributed by atoms with Crippen LogP contribution in [0.2, 0.25) is 0 Å². The molecule has 3 unspecified atom stereocenters. The SMILES string of the molecule is C#CC(C)NC(=O)N1CCC(C(=O)O)CC1C. The van der Waals surface area contributed by atoms with Gasteiger partial charge in [0.2, 0.25) is 0 Å². The summed E-state index contributed by atoms with van der Waals surface area (Å²) in [5.74, 6) is 1.29. The molecule has 0 aromatic rings. The van der Waals surface area contributed by atoms with Crippen LogP contribution in [-0.4, -0.2) is 40.6 Å². The van der Waals surface area contributed by atoms with Crippen molar-refractivity contribution in [2.75, 3.05) is 6.54 Å². The van der Waals surface area contributed by atoms with E-state index in [1.165, 1.54) is 0 Å². The van der Waals surface area contributed by atoms with Gasteiger partial charge in [-0.3, -0.25) is 4.79 Å². The summed E-state index contributed by atoms with van der Waals surface area (Å²) in [5, 5.41) is 11.6. The summed E-state index contributed by atoms with van der Waals surface area (Å²) in [7, 11) is 0. The smallest absolute Gasteiger partial charge is 0.318 e. The molecule has 5 heteroatoms. The van der Waals surface area contributed by atoms with E-state index in [1.807, 2.05) is 6.92 Å². The van der Waals surface area contributed by atoms with Gasteiger partial charge in [0.25, 0.3) is 0 Å². The maximum atomic E-state index is 11.8. The minimum atomic E-state index is -0.783. The van der Waals surface area contributed by atoms with E-state index in [1.54, 1.807) is 11.8 Å². The van der Waals surface area contributed by atoms with Crippen molar-refractivity contribution in [2.45, 2.75) is 38.8 Å². The van der Waals surface area contributed by atoms with E-state index in [0.29, 0.717) is 19.4 Å². The Hall–Kier alpha value is -1.70. The summed E-state index contributed by atoms with van der Waals surface area (Å²) in [6.45, 7) is 4.04. The fourth-order valence-electron chi connectivity index (χ4n) is 2.01. The zero-order valence-electron chi connectivity index (χ0n) is 10.1. The number of carbonyl (C=O) groups excluding carboxylic acids is 1. The minimum absolute atomic E-state index is 0.0742. The molecule has 0 spiro atoms. The Morgan fingerprint density at radius 2 is 2.24 bits per heavy atom. The number of likely N-dealkylation sites (tertiary alicyclic amines) is 1. The normalized spacial score (nSPS) is 25.8. The van der Waals surface area contributed by atoms with Gasteiger partial charge in [-0.1, -0.05) is 5.92 Å². The number of rotatable bonds is 2. The largest absolute Gasteiger partial charge is 0.481 e. The van der Waals surface area contributed by atoms with E-state index in [2.05, 4.69) is 11.2 Å². The van der Waals surface area contributed by atoms with Crippen LogP contribution in [0, 0.1) is 18.3 Å². The van der Waals surface area contributed by atoms with Crippen LogP contribution in [0.15, 0.2) is 0 Å². The number of nitrogens with one attached hydrogen (secondary N) is 1. The second-order valence-corrected chi connectivity index (χ2v) is 4.44. The molecule has 1 heterocycles. The number of hydrogen-bond acceptors (Lipinski definition) is 2. The Balaban J connectivity index is 2.55. The number of hydrogen-bond donors (Lipinski definition) is 2. The van der Waals surface area contributed by atoms with Crippen molar-refractivity contribution in [3.8, 4) is 12.3 Å². The molecule has 1 rings (SSSR count). The van der Waals surface area contributed by atoms with Crippen molar-refractivity contribution < 1.29 is 14.7 Å². The third kappa shape index (κ3) is 3.38. The molecule has 94 valence electrons. The van der Waals surface area contributed by atoms with E-state index >= 15 is 0 Å². The molecule has 1 aliphatic heterocycles. The molecule has 17 heavy (non-hydrogen) atoms. The Morgan fingerprint density at radius 3 is 2.71 bits per heavy atom. The molecule has 3 atom stereocenters. The minimum Gasteiger partial charge on any atom is -0.481 e. The molecule has 1 saturated heterocycles. The van der Waals surface area contributed by atoms with Gasteiger partial charge in [0.15, 0.2) is 0 Å². The van der Waals surface area contributed by atoms with Crippen LogP contribution in [0.25, 0.3) is 0 Å². The van der Waals surface area contributed by atoms with E-state index in [-0.39, 0.29) is 24.0 Å². The molecular formula is C12H18N2O3. The first-order valence-corrected chi connectivity index (χ1v) is 5.71. The fourth-order valence-corrected chi connectivity index (χ4v) is 2.01. The van der Waals surface area contributed by atoms with E-state index in [4.69, 9.17) is 11.5 Å². The molecule has 2 amide bonds. The highest BCUT2D eigenvalue weighted by Gasteiger charge is 2.32. The standard InChI is InChI=1S/C12H18N2O3/c1-4-8(2)13-12(17)14-6-5-10(11(15)16)7-9(14)3/h1,8-10H,5-7H2,2-3H3,(H,13,17)(H,15,16). The van der Waals surface area contributed by atoms with Crippen LogP contribution < -0.4 is 5.32 Å². The highest BCUT2D eigenvalue weighted by atomic mass is 16.4. The molecule has 1 fully saturated rings. The average Bonchev–Trinajstić information content (AvgIpc) is 2.28. The number of amides is 2. The Morgan fingerprint density at radius 1 is 1.59 bits per heavy atom. The first-order valence-electron chi connectivity index (χ1n) is 5.71. The molecule has 0 aromatic heterocycles. The molecule has 2 N–H and O–H groups in total. The van der Waals surface area contributed by atoms with Gasteiger partial charge in [-0.05, 0) is 26.7 Å². The van der Waals surface area contributed by atoms with Gasteiger partial charge < -0.3 is 15.3 Å². The lowest BCUT2D eigenvalue weighted by Crippen LogP contribution is -2.51. The molecule has 0 radical (unpaired) electrons. The topological polar surface area (TPSA) is 69.6 Å². The third-order valence-electron chi connectivity index (χ3n) is 3.08. The van der Waals surface area contributed by atoms with Crippen LogP contribution >= 0.6 is 0 Å². The first-order chi connectivity index (χ1) is 7.95. The highest BCUT2D eigenvalue weighted by Crippen LogP contribution is 2.22. The van der Waals surface area contributed by atoms with Crippen molar-refractivity contribution in [3.05, 3.63) is 0 Å². The fraction of sp³-hybridized carbons (Fsp3) is 0.667. The molecular weight excluding hydrogens is 220 g/mol. The molecule has 0 aliphatic carbocycles. The number of nitrogens with zero attached hydrogens (tertiary/aromatic N) is 1. The number of carboxylic acid groups (broad SMARTS) is 1. The number of terminal acetylenes is 1. The predicted octanol–water partition coefficient (Wildman–Crippen LogP) is 0.903. The van der Waals surface area contributed by atoms with Crippen molar-refractivity contribution in [3.63, 3.8) is 0 Å². The van der Waals surface area contributed by atoms with Crippen LogP contribution in [0.5, 0.6) is 0 Å². The number of urea groups is 1. The van der Waals surface area contributed by atoms with Gasteiger partial charge in [-0.25, -0.2) is 4.79 Å². The van der Waals surface area contributed by atoms with Crippen LogP contribution in [0.4, 0.5) is 4.79 Å². The maximum Gasteiger partial charge on any atom is 0.318 e. The van der Waals surface area contributed by atoms with Crippen molar-refractivity contribution in [1.82, 2.24) is 10.2 Å². The summed E-state index contributed by atoms with van der Waals surface area (Å²) in [5.41, 5.74) is 0. The summed E-state index contributed by atoms with van der Waals surface area (Å²) in [6, 6.07) is -0.603. The highest BCUT2D eigenvalue weighted by molar-refractivity contribution is 5.76. The lowest BCUT2D eigenvalue weighted by atomic mass is 9.92. The molecule has 1 aliphatic rings. The Bertz CT molecular complexity index is 348. The van der Waals surface area contributed by atoms with Gasteiger partial charge in [0, 0.05) is 12.6 Å². The van der Waals surface area contributed by atoms with Crippen LogP contribution in [-0.2, 0) is 4.79 Å². The number of carbonyl (C=O) groups is 2. The predicted molar refractivity (Wildman–Crippen MR) is 63.4 cm³/mol. The Kier molecular flexibility index (Phi) is 4.38. The van der Waals surface area contributed by atoms with Gasteiger partial charge >= 0.3 is 12.0 Å². The summed E-state index contributed by atoms with van der Waals surface area (Å²) < 4.78 is 0. The number of piperidine rings is 1. The average molecular weight is 238 g/mol. The lowest BCUT2D eigenvalue weighted by Gasteiger charge is -2.36. The molecule has 5 nitrogen and oxygen atoms in total. The zero-order chi connectivity index (χ0) is 13.0. The van der Waals surface area contributed by atoms with Gasteiger partial charge in [0.05, 0.1) is 12.0 Å². The second kappa shape index (κ2) is 5.58. The molecule has 0 saturated carbocycles. The van der Waals surface area contributed by atoms with E-state index < -0.39 is 5.97 Å². The summed E-state index contributed by atoms with van der Waals surface area (Å²) in [6.07, 6.45) is 6.18. The van der Waals surface area contributed by atoms with Gasteiger partial charge in [-0.15, -0.1) is 6.42 Å². The summed E-state index contributed by atoms with van der Waals surface area (Å²) >= 11 is 0. The van der Waals surface area contributed by atoms with Crippen LogP contribution in [0.3, 0.4) is 0 Å². The molecule has 0 bridgehead atoms. The zero-order valence-corrected chi connectivity index (χ0v) is 10.1. The summed E-state index contributed by atoms with van der Waals surface area (Å²) in [4.78, 5) is 24.3. The first kappa shape index (κ1) is 13.4. The van der Waals surface area contributed by atoms with Crippen LogP contribution in [0.1, 0.15) is 26.7 Å². The Labute approximate surface area is 101 Å². The van der Waals surface area contributed by atoms with E-state index in [0.717, 1.165) is 0 Å². The molecule has 0 aromatic carbocycles. The van der Waals surface area contributed by atoms with E-state index in [9.17, 15) is 9.59 Å². The lowest BCUT2D eigenvalue weighted by molar-refractivity contribution is -0.143. The third-order valence-corrected chi connectivity index (χ3v) is 3.08. The number of aliphatic carboxylic acids is 1.